The second kappa shape index (κ2) is 5.20. The molecule has 0 radical (unpaired) electrons. The van der Waals surface area contributed by atoms with Crippen molar-refractivity contribution in [1.29, 1.82) is 0 Å². The highest BCUT2D eigenvalue weighted by Gasteiger charge is 2.37. The minimum absolute atomic E-state index is 0.0314. The summed E-state index contributed by atoms with van der Waals surface area (Å²) >= 11 is 12.3. The van der Waals surface area contributed by atoms with Gasteiger partial charge in [-0.1, -0.05) is 23.2 Å². The maximum absolute atomic E-state index is 12.4. The quantitative estimate of drug-likeness (QED) is 0.882. The molecule has 1 saturated heterocycles. The Labute approximate surface area is 132 Å². The summed E-state index contributed by atoms with van der Waals surface area (Å²) < 4.78 is 5.62. The maximum atomic E-state index is 12.4. The van der Waals surface area contributed by atoms with Gasteiger partial charge in [0.05, 0.1) is 16.7 Å². The van der Waals surface area contributed by atoms with E-state index >= 15 is 0 Å². The van der Waals surface area contributed by atoms with Crippen molar-refractivity contribution in [2.75, 3.05) is 6.61 Å². The van der Waals surface area contributed by atoms with Crippen LogP contribution in [0.2, 0.25) is 10.0 Å². The molecule has 2 N–H and O–H groups in total. The Morgan fingerprint density at radius 2 is 2.19 bits per heavy atom. The van der Waals surface area contributed by atoms with Crippen molar-refractivity contribution < 1.29 is 9.53 Å². The number of carbonyl (C=O) groups is 1. The summed E-state index contributed by atoms with van der Waals surface area (Å²) in [6, 6.07) is 5.28. The molecule has 0 aliphatic carbocycles. The maximum Gasteiger partial charge on any atom is 0.269 e. The number of H-pyrrole nitrogens is 1. The minimum atomic E-state index is -0.364. The zero-order valence-electron chi connectivity index (χ0n) is 11.8. The van der Waals surface area contributed by atoms with Crippen LogP contribution in [0, 0.1) is 0 Å². The van der Waals surface area contributed by atoms with Crippen LogP contribution in [0.4, 0.5) is 0 Å². The van der Waals surface area contributed by atoms with E-state index in [1.807, 2.05) is 19.9 Å². The topological polar surface area (TPSA) is 54.1 Å². The van der Waals surface area contributed by atoms with E-state index in [4.69, 9.17) is 27.9 Å². The second-order valence-corrected chi connectivity index (χ2v) is 6.58. The normalized spacial score (nSPS) is 20.9. The number of hydrogen-bond donors (Lipinski definition) is 2. The van der Waals surface area contributed by atoms with Crippen molar-refractivity contribution in [2.45, 2.75) is 31.9 Å². The van der Waals surface area contributed by atoms with Gasteiger partial charge in [0, 0.05) is 22.5 Å². The highest BCUT2D eigenvalue weighted by atomic mass is 35.5. The first kappa shape index (κ1) is 14.7. The number of nitrogens with one attached hydrogen (secondary N) is 2. The van der Waals surface area contributed by atoms with Crippen LogP contribution in [-0.4, -0.2) is 29.1 Å². The molecule has 0 bridgehead atoms. The van der Waals surface area contributed by atoms with Gasteiger partial charge in [-0.25, -0.2) is 0 Å². The third-order valence-electron chi connectivity index (χ3n) is 3.95. The van der Waals surface area contributed by atoms with Gasteiger partial charge in [0.1, 0.15) is 5.69 Å². The molecule has 112 valence electrons. The molecule has 0 saturated carbocycles. The van der Waals surface area contributed by atoms with Gasteiger partial charge in [-0.3, -0.25) is 4.79 Å². The predicted octanol–water partition coefficient (Wildman–Crippen LogP) is 3.77. The molecule has 1 unspecified atom stereocenters. The van der Waals surface area contributed by atoms with Gasteiger partial charge in [-0.2, -0.15) is 0 Å². The SMILES string of the molecule is CC1(C)OCCC1NC(=O)c1[nH]c2ccc(Cl)cc2c1Cl. The van der Waals surface area contributed by atoms with Crippen LogP contribution in [0.1, 0.15) is 30.8 Å². The number of carbonyl (C=O) groups excluding carboxylic acids is 1. The summed E-state index contributed by atoms with van der Waals surface area (Å²) in [6.45, 7) is 4.59. The van der Waals surface area contributed by atoms with Gasteiger partial charge >= 0.3 is 0 Å². The molecule has 4 nitrogen and oxygen atoms in total. The molecule has 1 aromatic carbocycles. The smallest absolute Gasteiger partial charge is 0.269 e. The first-order chi connectivity index (χ1) is 9.88. The highest BCUT2D eigenvalue weighted by molar-refractivity contribution is 6.39. The fourth-order valence-corrected chi connectivity index (χ4v) is 3.11. The number of aromatic nitrogens is 1. The predicted molar refractivity (Wildman–Crippen MR) is 84.2 cm³/mol. The molecule has 1 atom stereocenters. The highest BCUT2D eigenvalue weighted by Crippen LogP contribution is 2.30. The van der Waals surface area contributed by atoms with E-state index in [1.54, 1.807) is 12.1 Å². The lowest BCUT2D eigenvalue weighted by Gasteiger charge is -2.26. The second-order valence-electron chi connectivity index (χ2n) is 5.77. The van der Waals surface area contributed by atoms with Crippen LogP contribution in [0.5, 0.6) is 0 Å². The molecule has 21 heavy (non-hydrogen) atoms. The average molecular weight is 327 g/mol. The van der Waals surface area contributed by atoms with Crippen LogP contribution in [-0.2, 0) is 4.74 Å². The van der Waals surface area contributed by atoms with Crippen LogP contribution in [0.3, 0.4) is 0 Å². The molecular formula is C15H16Cl2N2O2. The average Bonchev–Trinajstić information content (AvgIpc) is 2.91. The number of amides is 1. The van der Waals surface area contributed by atoms with E-state index in [0.29, 0.717) is 22.3 Å². The molecule has 1 aliphatic rings. The van der Waals surface area contributed by atoms with Gasteiger partial charge in [0.25, 0.3) is 5.91 Å². The minimum Gasteiger partial charge on any atom is -0.373 e. The van der Waals surface area contributed by atoms with Gasteiger partial charge in [0.15, 0.2) is 0 Å². The number of fused-ring (bicyclic) bond motifs is 1. The largest absolute Gasteiger partial charge is 0.373 e. The molecule has 2 aromatic rings. The van der Waals surface area contributed by atoms with Crippen molar-refractivity contribution in [3.8, 4) is 0 Å². The van der Waals surface area contributed by atoms with E-state index in [1.165, 1.54) is 0 Å². The number of benzene rings is 1. The van der Waals surface area contributed by atoms with Crippen LogP contribution < -0.4 is 5.32 Å². The van der Waals surface area contributed by atoms with E-state index in [2.05, 4.69) is 10.3 Å². The molecule has 3 rings (SSSR count). The lowest BCUT2D eigenvalue weighted by atomic mass is 9.99. The van der Waals surface area contributed by atoms with Crippen molar-refractivity contribution in [2.24, 2.45) is 0 Å². The Kier molecular flexibility index (Phi) is 3.64. The Morgan fingerprint density at radius 1 is 1.43 bits per heavy atom. The molecule has 2 heterocycles. The number of hydrogen-bond acceptors (Lipinski definition) is 2. The first-order valence-electron chi connectivity index (χ1n) is 6.80. The standard InChI is InChI=1S/C15H16Cl2N2O2/c1-15(2)11(5-6-21-15)19-14(20)13-12(17)9-7-8(16)3-4-10(9)18-13/h3-4,7,11,18H,5-6H2,1-2H3,(H,19,20). The van der Waals surface area contributed by atoms with E-state index in [-0.39, 0.29) is 17.6 Å². The Hall–Kier alpha value is -1.23. The van der Waals surface area contributed by atoms with Crippen molar-refractivity contribution in [3.05, 3.63) is 33.9 Å². The summed E-state index contributed by atoms with van der Waals surface area (Å²) in [5.74, 6) is -0.226. The van der Waals surface area contributed by atoms with Crippen LogP contribution in [0.15, 0.2) is 18.2 Å². The van der Waals surface area contributed by atoms with Gasteiger partial charge in [0.2, 0.25) is 0 Å². The molecule has 1 aromatic heterocycles. The zero-order chi connectivity index (χ0) is 15.2. The number of aromatic amines is 1. The molecule has 0 spiro atoms. The van der Waals surface area contributed by atoms with E-state index in [9.17, 15) is 4.79 Å². The van der Waals surface area contributed by atoms with Crippen LogP contribution in [0.25, 0.3) is 10.9 Å². The number of rotatable bonds is 2. The first-order valence-corrected chi connectivity index (χ1v) is 7.55. The Balaban J connectivity index is 1.90. The number of ether oxygens (including phenoxy) is 1. The molecule has 1 fully saturated rings. The zero-order valence-corrected chi connectivity index (χ0v) is 13.3. The fourth-order valence-electron chi connectivity index (χ4n) is 2.65. The molecule has 1 aliphatic heterocycles. The monoisotopic (exact) mass is 326 g/mol. The van der Waals surface area contributed by atoms with Crippen molar-refractivity contribution in [3.63, 3.8) is 0 Å². The van der Waals surface area contributed by atoms with Crippen molar-refractivity contribution >= 4 is 40.0 Å². The van der Waals surface area contributed by atoms with Crippen LogP contribution >= 0.6 is 23.2 Å². The van der Waals surface area contributed by atoms with E-state index < -0.39 is 0 Å². The molecule has 6 heteroatoms. The summed E-state index contributed by atoms with van der Waals surface area (Å²) in [7, 11) is 0. The lowest BCUT2D eigenvalue weighted by Crippen LogP contribution is -2.46. The van der Waals surface area contributed by atoms with E-state index in [0.717, 1.165) is 17.3 Å². The third-order valence-corrected chi connectivity index (χ3v) is 4.58. The third kappa shape index (κ3) is 2.63. The van der Waals surface area contributed by atoms with Gasteiger partial charge in [-0.05, 0) is 38.5 Å². The van der Waals surface area contributed by atoms with Crippen molar-refractivity contribution in [1.82, 2.24) is 10.3 Å². The summed E-state index contributed by atoms with van der Waals surface area (Å²) in [6.07, 6.45) is 0.794. The lowest BCUT2D eigenvalue weighted by molar-refractivity contribution is 0.0212. The van der Waals surface area contributed by atoms with Gasteiger partial charge in [-0.15, -0.1) is 0 Å². The molecule has 1 amide bonds. The fraction of sp³-hybridized carbons (Fsp3) is 0.400. The molecular weight excluding hydrogens is 311 g/mol. The summed E-state index contributed by atoms with van der Waals surface area (Å²) in [5.41, 5.74) is 0.783. The number of halogens is 2. The Bertz CT molecular complexity index is 709. The summed E-state index contributed by atoms with van der Waals surface area (Å²) in [5, 5.41) is 4.71. The Morgan fingerprint density at radius 3 is 2.86 bits per heavy atom. The van der Waals surface area contributed by atoms with Gasteiger partial charge < -0.3 is 15.0 Å². The summed E-state index contributed by atoms with van der Waals surface area (Å²) in [4.78, 5) is 15.5.